The lowest BCUT2D eigenvalue weighted by molar-refractivity contribution is -0.385. The zero-order valence-electron chi connectivity index (χ0n) is 12.4. The topological polar surface area (TPSA) is 111 Å². The number of halogens is 1. The average Bonchev–Trinajstić information content (AvgIpc) is 2.59. The van der Waals surface area contributed by atoms with Crippen LogP contribution in [0.1, 0.15) is 20.7 Å². The predicted molar refractivity (Wildman–Crippen MR) is 86.0 cm³/mol. The number of nitrogens with zero attached hydrogens (tertiary/aromatic N) is 1. The highest BCUT2D eigenvalue weighted by Gasteiger charge is 2.18. The molecule has 0 aliphatic carbocycles. The van der Waals surface area contributed by atoms with E-state index in [1.165, 1.54) is 43.5 Å². The van der Waals surface area contributed by atoms with Crippen molar-refractivity contribution in [2.45, 2.75) is 0 Å². The van der Waals surface area contributed by atoms with Crippen LogP contribution in [0, 0.1) is 10.1 Å². The zero-order chi connectivity index (χ0) is 17.7. The minimum absolute atomic E-state index is 0.00101. The van der Waals surface area contributed by atoms with Gasteiger partial charge in [-0.2, -0.15) is 0 Å². The van der Waals surface area contributed by atoms with Crippen molar-refractivity contribution >= 4 is 29.1 Å². The number of methoxy groups -OCH3 is 1. The number of hydrazine groups is 1. The molecule has 2 rings (SSSR count). The van der Waals surface area contributed by atoms with E-state index in [9.17, 15) is 19.7 Å². The maximum Gasteiger partial charge on any atom is 0.311 e. The number of amides is 2. The molecule has 24 heavy (non-hydrogen) atoms. The Balaban J connectivity index is 2.07. The normalized spacial score (nSPS) is 9.92. The largest absolute Gasteiger partial charge is 0.490 e. The van der Waals surface area contributed by atoms with Gasteiger partial charge in [0.25, 0.3) is 11.8 Å². The zero-order valence-corrected chi connectivity index (χ0v) is 13.2. The van der Waals surface area contributed by atoms with Crippen molar-refractivity contribution in [1.29, 1.82) is 0 Å². The molecule has 0 fully saturated rings. The molecule has 2 amide bonds. The van der Waals surface area contributed by atoms with Crippen LogP contribution in [0.2, 0.25) is 5.02 Å². The Morgan fingerprint density at radius 2 is 1.58 bits per heavy atom. The van der Waals surface area contributed by atoms with Gasteiger partial charge in [0.15, 0.2) is 5.75 Å². The van der Waals surface area contributed by atoms with Gasteiger partial charge in [0.05, 0.1) is 12.0 Å². The van der Waals surface area contributed by atoms with Gasteiger partial charge in [0, 0.05) is 22.2 Å². The molecule has 0 heterocycles. The number of nitrogens with one attached hydrogen (secondary N) is 2. The lowest BCUT2D eigenvalue weighted by Crippen LogP contribution is -2.41. The quantitative estimate of drug-likeness (QED) is 0.650. The highest BCUT2D eigenvalue weighted by atomic mass is 35.5. The fourth-order valence-electron chi connectivity index (χ4n) is 1.83. The van der Waals surface area contributed by atoms with Gasteiger partial charge in [-0.1, -0.05) is 11.6 Å². The van der Waals surface area contributed by atoms with Gasteiger partial charge in [-0.3, -0.25) is 30.6 Å². The highest BCUT2D eigenvalue weighted by Crippen LogP contribution is 2.27. The van der Waals surface area contributed by atoms with E-state index in [0.29, 0.717) is 10.6 Å². The summed E-state index contributed by atoms with van der Waals surface area (Å²) in [6.45, 7) is 0. The number of carbonyl (C=O) groups excluding carboxylic acids is 2. The van der Waals surface area contributed by atoms with Gasteiger partial charge in [0.1, 0.15) is 0 Å². The standard InChI is InChI=1S/C15H12ClN3O5/c1-24-13-7-4-10(8-12(13)19(22)23)15(21)18-17-14(20)9-2-5-11(16)6-3-9/h2-8H,1H3,(H,17,20)(H,18,21). The second kappa shape index (κ2) is 7.42. The van der Waals surface area contributed by atoms with Crippen LogP contribution < -0.4 is 15.6 Å². The Morgan fingerprint density at radius 1 is 1.04 bits per heavy atom. The molecule has 0 radical (unpaired) electrons. The molecule has 0 aliphatic rings. The number of hydrogen-bond acceptors (Lipinski definition) is 5. The molecule has 2 aromatic carbocycles. The van der Waals surface area contributed by atoms with Crippen LogP contribution >= 0.6 is 11.6 Å². The summed E-state index contributed by atoms with van der Waals surface area (Å²) in [5, 5.41) is 11.4. The molecule has 8 nitrogen and oxygen atoms in total. The molecule has 124 valence electrons. The van der Waals surface area contributed by atoms with Crippen molar-refractivity contribution in [1.82, 2.24) is 10.9 Å². The molecular weight excluding hydrogens is 338 g/mol. The lowest BCUT2D eigenvalue weighted by Gasteiger charge is -2.08. The van der Waals surface area contributed by atoms with Gasteiger partial charge >= 0.3 is 5.69 Å². The molecule has 0 aromatic heterocycles. The Labute approximate surface area is 141 Å². The maximum atomic E-state index is 12.0. The summed E-state index contributed by atoms with van der Waals surface area (Å²) in [4.78, 5) is 34.2. The molecule has 2 N–H and O–H groups in total. The van der Waals surface area contributed by atoms with E-state index in [-0.39, 0.29) is 17.0 Å². The van der Waals surface area contributed by atoms with Crippen molar-refractivity contribution < 1.29 is 19.2 Å². The van der Waals surface area contributed by atoms with Crippen molar-refractivity contribution in [3.05, 3.63) is 68.7 Å². The molecule has 0 atom stereocenters. The van der Waals surface area contributed by atoms with E-state index >= 15 is 0 Å². The Kier molecular flexibility index (Phi) is 5.33. The van der Waals surface area contributed by atoms with Gasteiger partial charge < -0.3 is 4.74 Å². The number of nitro groups is 1. The van der Waals surface area contributed by atoms with E-state index in [4.69, 9.17) is 16.3 Å². The van der Waals surface area contributed by atoms with Crippen LogP contribution in [-0.4, -0.2) is 23.8 Å². The SMILES string of the molecule is COc1ccc(C(=O)NNC(=O)c2ccc(Cl)cc2)cc1[N+](=O)[O-]. The molecule has 0 unspecified atom stereocenters. The first-order valence-corrected chi connectivity index (χ1v) is 6.99. The first-order valence-electron chi connectivity index (χ1n) is 6.61. The van der Waals surface area contributed by atoms with E-state index in [1.807, 2.05) is 0 Å². The lowest BCUT2D eigenvalue weighted by atomic mass is 10.2. The molecule has 0 saturated carbocycles. The van der Waals surface area contributed by atoms with E-state index in [2.05, 4.69) is 10.9 Å². The number of nitro benzene ring substituents is 1. The minimum atomic E-state index is -0.705. The summed E-state index contributed by atoms with van der Waals surface area (Å²) < 4.78 is 4.85. The van der Waals surface area contributed by atoms with Crippen LogP contribution in [0.4, 0.5) is 5.69 Å². The summed E-state index contributed by atoms with van der Waals surface area (Å²) in [7, 11) is 1.29. The Bertz CT molecular complexity index is 792. The van der Waals surface area contributed by atoms with Crippen LogP contribution in [0.25, 0.3) is 0 Å². The van der Waals surface area contributed by atoms with Gasteiger partial charge in [-0.15, -0.1) is 0 Å². The first kappa shape index (κ1) is 17.2. The van der Waals surface area contributed by atoms with Gasteiger partial charge in [-0.25, -0.2) is 0 Å². The summed E-state index contributed by atoms with van der Waals surface area (Å²) in [5.74, 6) is -1.23. The summed E-state index contributed by atoms with van der Waals surface area (Å²) >= 11 is 5.72. The third kappa shape index (κ3) is 3.99. The van der Waals surface area contributed by atoms with Crippen LogP contribution in [0.5, 0.6) is 5.75 Å². The third-order valence-electron chi connectivity index (χ3n) is 3.03. The van der Waals surface area contributed by atoms with Gasteiger partial charge in [0.2, 0.25) is 0 Å². The molecule has 0 bridgehead atoms. The fourth-order valence-corrected chi connectivity index (χ4v) is 1.96. The van der Waals surface area contributed by atoms with Crippen LogP contribution in [-0.2, 0) is 0 Å². The molecular formula is C15H12ClN3O5. The predicted octanol–water partition coefficient (Wildman–Crippen LogP) is 2.33. The second-order valence-corrected chi connectivity index (χ2v) is 5.00. The summed E-state index contributed by atoms with van der Waals surface area (Å²) in [6, 6.07) is 9.74. The van der Waals surface area contributed by atoms with Crippen LogP contribution in [0.15, 0.2) is 42.5 Å². The van der Waals surface area contributed by atoms with Crippen molar-refractivity contribution in [2.75, 3.05) is 7.11 Å². The van der Waals surface area contributed by atoms with E-state index < -0.39 is 16.7 Å². The fraction of sp³-hybridized carbons (Fsp3) is 0.0667. The summed E-state index contributed by atoms with van der Waals surface area (Å²) in [5.41, 5.74) is 4.33. The third-order valence-corrected chi connectivity index (χ3v) is 3.29. The first-order chi connectivity index (χ1) is 11.4. The molecule has 2 aromatic rings. The average molecular weight is 350 g/mol. The Hall–Kier alpha value is -3.13. The molecule has 0 saturated heterocycles. The molecule has 0 aliphatic heterocycles. The monoisotopic (exact) mass is 349 g/mol. The number of ether oxygens (including phenoxy) is 1. The Morgan fingerprint density at radius 3 is 2.12 bits per heavy atom. The van der Waals surface area contributed by atoms with Crippen molar-refractivity contribution in [3.63, 3.8) is 0 Å². The van der Waals surface area contributed by atoms with Crippen LogP contribution in [0.3, 0.4) is 0 Å². The van der Waals surface area contributed by atoms with Crippen molar-refractivity contribution in [2.24, 2.45) is 0 Å². The minimum Gasteiger partial charge on any atom is -0.490 e. The number of hydrogen-bond donors (Lipinski definition) is 2. The number of carbonyl (C=O) groups is 2. The van der Waals surface area contributed by atoms with E-state index in [1.54, 1.807) is 0 Å². The molecule has 0 spiro atoms. The number of rotatable bonds is 4. The highest BCUT2D eigenvalue weighted by molar-refractivity contribution is 6.30. The van der Waals surface area contributed by atoms with Crippen molar-refractivity contribution in [3.8, 4) is 5.75 Å². The second-order valence-electron chi connectivity index (χ2n) is 4.56. The van der Waals surface area contributed by atoms with E-state index in [0.717, 1.165) is 6.07 Å². The van der Waals surface area contributed by atoms with Gasteiger partial charge in [-0.05, 0) is 36.4 Å². The smallest absolute Gasteiger partial charge is 0.311 e. The molecule has 9 heteroatoms. The number of benzene rings is 2. The maximum absolute atomic E-state index is 12.0. The summed E-state index contributed by atoms with van der Waals surface area (Å²) in [6.07, 6.45) is 0.